The van der Waals surface area contributed by atoms with E-state index in [2.05, 4.69) is 5.32 Å². The van der Waals surface area contributed by atoms with Crippen LogP contribution in [0, 0.1) is 29.5 Å². The topological polar surface area (TPSA) is 92.8 Å². The van der Waals surface area contributed by atoms with Gasteiger partial charge in [0.05, 0.1) is 0 Å². The third-order valence-electron chi connectivity index (χ3n) is 7.80. The van der Waals surface area contributed by atoms with E-state index in [-0.39, 0.29) is 24.9 Å². The van der Waals surface area contributed by atoms with Gasteiger partial charge >= 0.3 is 5.97 Å². The van der Waals surface area contributed by atoms with E-state index in [0.717, 1.165) is 22.2 Å². The molecule has 1 saturated heterocycles. The van der Waals surface area contributed by atoms with Crippen molar-refractivity contribution in [1.82, 2.24) is 9.62 Å². The number of rotatable bonds is 6. The lowest BCUT2D eigenvalue weighted by Gasteiger charge is -2.54. The highest BCUT2D eigenvalue weighted by molar-refractivity contribution is 7.89. The highest BCUT2D eigenvalue weighted by atomic mass is 32.2. The van der Waals surface area contributed by atoms with Gasteiger partial charge in [0, 0.05) is 12.6 Å². The number of amides is 1. The maximum absolute atomic E-state index is 14.1. The smallest absolute Gasteiger partial charge is 0.324 e. The summed E-state index contributed by atoms with van der Waals surface area (Å²) in [6.45, 7) is -0.317. The number of hydrogen-bond donors (Lipinski definition) is 1. The monoisotopic (exact) mass is 464 g/mol. The minimum Gasteiger partial charge on any atom is -0.454 e. The lowest BCUT2D eigenvalue weighted by atomic mass is 9.54. The van der Waals surface area contributed by atoms with Crippen LogP contribution in [0.4, 0.5) is 4.39 Å². The molecular weight excluding hydrogens is 435 g/mol. The Balaban J connectivity index is 1.19. The van der Waals surface area contributed by atoms with Gasteiger partial charge in [-0.05, 0) is 80.8 Å². The van der Waals surface area contributed by atoms with Crippen LogP contribution in [-0.4, -0.2) is 49.8 Å². The molecule has 0 aromatic heterocycles. The Hall–Kier alpha value is -2.00. The summed E-state index contributed by atoms with van der Waals surface area (Å²) in [5.74, 6) is 0.673. The van der Waals surface area contributed by atoms with Gasteiger partial charge in [-0.15, -0.1) is 0 Å². The van der Waals surface area contributed by atoms with E-state index in [0.29, 0.717) is 18.3 Å². The molecule has 32 heavy (non-hydrogen) atoms. The molecule has 4 bridgehead atoms. The normalized spacial score (nSPS) is 33.9. The van der Waals surface area contributed by atoms with Crippen molar-refractivity contribution in [3.05, 3.63) is 30.1 Å². The molecule has 1 aromatic rings. The van der Waals surface area contributed by atoms with Crippen LogP contribution in [0.3, 0.4) is 0 Å². The van der Waals surface area contributed by atoms with Crippen LogP contribution >= 0.6 is 0 Å². The van der Waals surface area contributed by atoms with Crippen molar-refractivity contribution < 1.29 is 27.1 Å². The number of ether oxygens (including phenoxy) is 1. The Labute approximate surface area is 187 Å². The van der Waals surface area contributed by atoms with Gasteiger partial charge in [0.25, 0.3) is 5.91 Å². The second-order valence-corrected chi connectivity index (χ2v) is 11.7. The van der Waals surface area contributed by atoms with Gasteiger partial charge in [0.1, 0.15) is 16.8 Å². The molecule has 0 spiro atoms. The largest absolute Gasteiger partial charge is 0.454 e. The lowest BCUT2D eigenvalue weighted by Crippen LogP contribution is -2.56. The summed E-state index contributed by atoms with van der Waals surface area (Å²) < 4.78 is 46.1. The number of carbonyl (C=O) groups excluding carboxylic acids is 2. The molecular formula is C23H29FN2O5S. The molecule has 1 heterocycles. The van der Waals surface area contributed by atoms with Gasteiger partial charge in [-0.1, -0.05) is 12.1 Å². The van der Waals surface area contributed by atoms with Crippen LogP contribution in [0.15, 0.2) is 29.2 Å². The van der Waals surface area contributed by atoms with Crippen LogP contribution in [0.2, 0.25) is 0 Å². The SMILES string of the molecule is O=C(COC(=O)C1CCCN1S(=O)(=O)c1ccccc1F)NC1C2CC3CC(C2)CC1C3. The fourth-order valence-corrected chi connectivity index (χ4v) is 8.38. The lowest BCUT2D eigenvalue weighted by molar-refractivity contribution is -0.152. The number of benzene rings is 1. The third-order valence-corrected chi connectivity index (χ3v) is 9.74. The standard InChI is InChI=1S/C23H29FN2O5S/c24-18-4-1-2-6-20(18)32(29,30)26-7-3-5-19(26)23(28)31-13-21(27)25-22-16-9-14-8-15(11-16)12-17(22)10-14/h1-2,4,6,14-17,19,22H,3,5,7-13H2,(H,25,27). The zero-order chi connectivity index (χ0) is 22.5. The Kier molecular flexibility index (Phi) is 5.73. The molecule has 1 amide bonds. The van der Waals surface area contributed by atoms with Crippen molar-refractivity contribution in [2.24, 2.45) is 23.7 Å². The van der Waals surface area contributed by atoms with Crippen LogP contribution in [0.25, 0.3) is 0 Å². The number of sulfonamides is 1. The molecule has 1 N–H and O–H groups in total. The van der Waals surface area contributed by atoms with Crippen LogP contribution in [-0.2, 0) is 24.3 Å². The van der Waals surface area contributed by atoms with E-state index in [1.165, 1.54) is 50.3 Å². The third kappa shape index (κ3) is 3.94. The van der Waals surface area contributed by atoms with E-state index >= 15 is 0 Å². The Bertz CT molecular complexity index is 985. The van der Waals surface area contributed by atoms with E-state index in [9.17, 15) is 22.4 Å². The second-order valence-electron chi connectivity index (χ2n) is 9.84. The first kappa shape index (κ1) is 21.8. The molecule has 1 aromatic carbocycles. The summed E-state index contributed by atoms with van der Waals surface area (Å²) in [5, 5.41) is 3.09. The van der Waals surface area contributed by atoms with Gasteiger partial charge < -0.3 is 10.1 Å². The number of nitrogens with zero attached hydrogens (tertiary/aromatic N) is 1. The summed E-state index contributed by atoms with van der Waals surface area (Å²) in [4.78, 5) is 24.7. The zero-order valence-corrected chi connectivity index (χ0v) is 18.7. The molecule has 1 aliphatic heterocycles. The molecule has 1 atom stereocenters. The van der Waals surface area contributed by atoms with E-state index in [1.807, 2.05) is 0 Å². The number of carbonyl (C=O) groups is 2. The summed E-state index contributed by atoms with van der Waals surface area (Å²) in [6.07, 6.45) is 6.76. The van der Waals surface area contributed by atoms with Gasteiger partial charge in [0.2, 0.25) is 10.0 Å². The van der Waals surface area contributed by atoms with Crippen LogP contribution in [0.1, 0.15) is 44.9 Å². The molecule has 0 radical (unpaired) electrons. The van der Waals surface area contributed by atoms with Gasteiger partial charge in [-0.2, -0.15) is 4.31 Å². The van der Waals surface area contributed by atoms with Crippen molar-refractivity contribution in [3.63, 3.8) is 0 Å². The predicted molar refractivity (Wildman–Crippen MR) is 113 cm³/mol. The van der Waals surface area contributed by atoms with Crippen molar-refractivity contribution in [3.8, 4) is 0 Å². The average Bonchev–Trinajstić information content (AvgIpc) is 3.25. The van der Waals surface area contributed by atoms with Gasteiger partial charge in [0.15, 0.2) is 6.61 Å². The van der Waals surface area contributed by atoms with Gasteiger partial charge in [-0.3, -0.25) is 9.59 Å². The fraction of sp³-hybridized carbons (Fsp3) is 0.652. The molecule has 4 saturated carbocycles. The Morgan fingerprint density at radius 1 is 1.06 bits per heavy atom. The molecule has 5 aliphatic rings. The van der Waals surface area contributed by atoms with Crippen molar-refractivity contribution in [2.45, 2.75) is 61.9 Å². The van der Waals surface area contributed by atoms with Crippen LogP contribution < -0.4 is 5.32 Å². The summed E-state index contributed by atoms with van der Waals surface area (Å²) in [6, 6.07) is 4.21. The first-order chi connectivity index (χ1) is 15.3. The molecule has 6 rings (SSSR count). The minimum absolute atomic E-state index is 0.108. The fourth-order valence-electron chi connectivity index (χ4n) is 6.66. The van der Waals surface area contributed by atoms with Crippen LogP contribution in [0.5, 0.6) is 0 Å². The number of hydrogen-bond acceptors (Lipinski definition) is 5. The zero-order valence-electron chi connectivity index (χ0n) is 17.9. The molecule has 1 unspecified atom stereocenters. The molecule has 5 fully saturated rings. The highest BCUT2D eigenvalue weighted by Gasteiger charge is 2.48. The molecule has 4 aliphatic carbocycles. The molecule has 174 valence electrons. The maximum Gasteiger partial charge on any atom is 0.324 e. The summed E-state index contributed by atoms with van der Waals surface area (Å²) in [5.41, 5.74) is 0. The van der Waals surface area contributed by atoms with E-state index in [1.54, 1.807) is 0 Å². The Morgan fingerprint density at radius 3 is 2.38 bits per heavy atom. The predicted octanol–water partition coefficient (Wildman–Crippen LogP) is 2.46. The number of nitrogens with one attached hydrogen (secondary N) is 1. The summed E-state index contributed by atoms with van der Waals surface area (Å²) in [7, 11) is -4.18. The van der Waals surface area contributed by atoms with E-state index in [4.69, 9.17) is 4.74 Å². The maximum atomic E-state index is 14.1. The Morgan fingerprint density at radius 2 is 1.72 bits per heavy atom. The van der Waals surface area contributed by atoms with Crippen molar-refractivity contribution in [2.75, 3.05) is 13.2 Å². The van der Waals surface area contributed by atoms with Crippen molar-refractivity contribution in [1.29, 1.82) is 0 Å². The molecule has 7 nitrogen and oxygen atoms in total. The first-order valence-corrected chi connectivity index (χ1v) is 13.0. The average molecular weight is 465 g/mol. The quantitative estimate of drug-likeness (QED) is 0.653. The van der Waals surface area contributed by atoms with Gasteiger partial charge in [-0.25, -0.2) is 12.8 Å². The second kappa shape index (κ2) is 8.41. The summed E-state index contributed by atoms with van der Waals surface area (Å²) >= 11 is 0. The number of halogens is 1. The molecule has 9 heteroatoms. The van der Waals surface area contributed by atoms with E-state index < -0.39 is 39.4 Å². The first-order valence-electron chi connectivity index (χ1n) is 11.6. The minimum atomic E-state index is -4.18. The van der Waals surface area contributed by atoms with Crippen molar-refractivity contribution >= 4 is 21.9 Å². The number of esters is 1. The highest BCUT2D eigenvalue weighted by Crippen LogP contribution is 2.53.